The van der Waals surface area contributed by atoms with Crippen LogP contribution >= 0.6 is 0 Å². The molecule has 1 aliphatic rings. The first-order valence-corrected chi connectivity index (χ1v) is 11.7. The molecule has 0 aliphatic carbocycles. The highest BCUT2D eigenvalue weighted by Gasteiger charge is 2.35. The third kappa shape index (κ3) is 4.42. The van der Waals surface area contributed by atoms with Crippen molar-refractivity contribution in [3.8, 4) is 6.07 Å². The number of likely N-dealkylation sites (tertiary alicyclic amines) is 1. The monoisotopic (exact) mass is 316 g/mol. The van der Waals surface area contributed by atoms with E-state index in [-0.39, 0.29) is 12.1 Å². The summed E-state index contributed by atoms with van der Waals surface area (Å²) in [5.74, 6) is 0. The molecule has 0 saturated carbocycles. The molecular formula is C18H28N2OSi. The molecule has 1 aliphatic heterocycles. The van der Waals surface area contributed by atoms with Gasteiger partial charge in [-0.2, -0.15) is 5.26 Å². The second-order valence-corrected chi connectivity index (χ2v) is 11.7. The average Bonchev–Trinajstić information content (AvgIpc) is 2.48. The molecular weight excluding hydrogens is 288 g/mol. The van der Waals surface area contributed by atoms with E-state index in [1.807, 2.05) is 6.07 Å². The van der Waals surface area contributed by atoms with Gasteiger partial charge in [-0.25, -0.2) is 0 Å². The molecule has 1 heterocycles. The fourth-order valence-corrected chi connectivity index (χ4v) is 3.88. The van der Waals surface area contributed by atoms with E-state index in [9.17, 15) is 5.26 Å². The molecule has 1 aromatic rings. The largest absolute Gasteiger partial charge is 0.416 e. The molecule has 0 radical (unpaired) electrons. The van der Waals surface area contributed by atoms with Gasteiger partial charge in [0, 0.05) is 6.04 Å². The van der Waals surface area contributed by atoms with Crippen LogP contribution in [0.1, 0.15) is 37.8 Å². The fourth-order valence-electron chi connectivity index (χ4n) is 3.23. The first-order valence-electron chi connectivity index (χ1n) is 8.28. The summed E-state index contributed by atoms with van der Waals surface area (Å²) >= 11 is 0. The highest BCUT2D eigenvalue weighted by Crippen LogP contribution is 2.33. The molecule has 1 saturated heterocycles. The SMILES string of the molecule is CC1CCCC(C#N)N1C(CO[Si](C)(C)C)c1ccccc1. The topological polar surface area (TPSA) is 36.3 Å². The van der Waals surface area contributed by atoms with Gasteiger partial charge in [-0.1, -0.05) is 30.3 Å². The maximum absolute atomic E-state index is 9.58. The summed E-state index contributed by atoms with van der Waals surface area (Å²) in [6, 6.07) is 13.6. The Morgan fingerprint density at radius 1 is 1.27 bits per heavy atom. The minimum atomic E-state index is -1.58. The predicted octanol–water partition coefficient (Wildman–Crippen LogP) is 4.35. The molecule has 0 aromatic heterocycles. The molecule has 0 amide bonds. The van der Waals surface area contributed by atoms with Crippen LogP contribution in [0.2, 0.25) is 19.6 Å². The zero-order valence-electron chi connectivity index (χ0n) is 14.2. The zero-order chi connectivity index (χ0) is 16.2. The molecule has 2 rings (SSSR count). The van der Waals surface area contributed by atoms with E-state index in [0.717, 1.165) is 19.3 Å². The lowest BCUT2D eigenvalue weighted by molar-refractivity contribution is 0.0430. The Morgan fingerprint density at radius 2 is 1.95 bits per heavy atom. The molecule has 0 spiro atoms. The van der Waals surface area contributed by atoms with Gasteiger partial charge < -0.3 is 4.43 Å². The van der Waals surface area contributed by atoms with Crippen molar-refractivity contribution in [2.75, 3.05) is 6.61 Å². The number of nitrogens with zero attached hydrogens (tertiary/aromatic N) is 2. The Balaban J connectivity index is 2.28. The fraction of sp³-hybridized carbons (Fsp3) is 0.611. The molecule has 22 heavy (non-hydrogen) atoms. The van der Waals surface area contributed by atoms with Gasteiger partial charge >= 0.3 is 0 Å². The molecule has 4 heteroatoms. The third-order valence-electron chi connectivity index (χ3n) is 4.34. The lowest BCUT2D eigenvalue weighted by Crippen LogP contribution is -2.48. The molecule has 120 valence electrons. The number of hydrogen-bond donors (Lipinski definition) is 0. The number of piperidine rings is 1. The van der Waals surface area contributed by atoms with Gasteiger partial charge in [-0.05, 0) is 51.4 Å². The van der Waals surface area contributed by atoms with Crippen LogP contribution in [-0.4, -0.2) is 31.9 Å². The molecule has 3 atom stereocenters. The van der Waals surface area contributed by atoms with Gasteiger partial charge in [0.1, 0.15) is 0 Å². The van der Waals surface area contributed by atoms with Gasteiger partial charge in [-0.15, -0.1) is 0 Å². The summed E-state index contributed by atoms with van der Waals surface area (Å²) in [7, 11) is -1.58. The number of benzene rings is 1. The van der Waals surface area contributed by atoms with Crippen LogP contribution in [0.25, 0.3) is 0 Å². The van der Waals surface area contributed by atoms with E-state index < -0.39 is 8.32 Å². The highest BCUT2D eigenvalue weighted by molar-refractivity contribution is 6.69. The molecule has 1 aromatic carbocycles. The van der Waals surface area contributed by atoms with E-state index in [1.165, 1.54) is 5.56 Å². The summed E-state index contributed by atoms with van der Waals surface area (Å²) < 4.78 is 6.23. The van der Waals surface area contributed by atoms with Gasteiger partial charge in [0.15, 0.2) is 8.32 Å². The lowest BCUT2D eigenvalue weighted by Gasteiger charge is -2.43. The van der Waals surface area contributed by atoms with Crippen molar-refractivity contribution in [1.82, 2.24) is 4.90 Å². The van der Waals surface area contributed by atoms with E-state index in [2.05, 4.69) is 61.8 Å². The minimum Gasteiger partial charge on any atom is -0.416 e. The van der Waals surface area contributed by atoms with Crippen molar-refractivity contribution in [1.29, 1.82) is 5.26 Å². The second-order valence-electron chi connectivity index (χ2n) is 7.22. The Kier molecular flexibility index (Phi) is 5.79. The van der Waals surface area contributed by atoms with Crippen molar-refractivity contribution in [2.24, 2.45) is 0 Å². The Hall–Kier alpha value is -1.15. The summed E-state index contributed by atoms with van der Waals surface area (Å²) in [5.41, 5.74) is 1.26. The third-order valence-corrected chi connectivity index (χ3v) is 5.37. The van der Waals surface area contributed by atoms with Crippen LogP contribution in [0.5, 0.6) is 0 Å². The standard InChI is InChI=1S/C18H28N2OSi/c1-15-9-8-12-17(13-19)20(15)18(14-21-22(2,3)4)16-10-6-5-7-11-16/h5-7,10-11,15,17-18H,8-9,12,14H2,1-4H3. The summed E-state index contributed by atoms with van der Waals surface area (Å²) in [5, 5.41) is 9.58. The van der Waals surface area contributed by atoms with E-state index in [4.69, 9.17) is 4.43 Å². The first kappa shape index (κ1) is 17.2. The molecule has 3 nitrogen and oxygen atoms in total. The smallest absolute Gasteiger partial charge is 0.183 e. The van der Waals surface area contributed by atoms with Crippen LogP contribution in [-0.2, 0) is 4.43 Å². The van der Waals surface area contributed by atoms with E-state index in [0.29, 0.717) is 12.6 Å². The maximum Gasteiger partial charge on any atom is 0.183 e. The maximum atomic E-state index is 9.58. The van der Waals surface area contributed by atoms with Gasteiger partial charge in [0.2, 0.25) is 0 Å². The van der Waals surface area contributed by atoms with Crippen molar-refractivity contribution in [3.63, 3.8) is 0 Å². The Bertz CT molecular complexity index is 506. The number of nitriles is 1. The highest BCUT2D eigenvalue weighted by atomic mass is 28.4. The lowest BCUT2D eigenvalue weighted by atomic mass is 9.92. The van der Waals surface area contributed by atoms with Crippen LogP contribution in [0, 0.1) is 11.3 Å². The van der Waals surface area contributed by atoms with Gasteiger partial charge in [0.05, 0.1) is 24.8 Å². The first-order chi connectivity index (χ1) is 10.4. The van der Waals surface area contributed by atoms with Crippen LogP contribution in [0.4, 0.5) is 0 Å². The van der Waals surface area contributed by atoms with Crippen LogP contribution in [0.3, 0.4) is 0 Å². The Labute approximate surface area is 136 Å². The van der Waals surface area contributed by atoms with E-state index >= 15 is 0 Å². The van der Waals surface area contributed by atoms with Crippen molar-refractivity contribution < 1.29 is 4.43 Å². The normalized spacial score (nSPS) is 24.7. The zero-order valence-corrected chi connectivity index (χ0v) is 15.2. The molecule has 0 N–H and O–H groups in total. The summed E-state index contributed by atoms with van der Waals surface area (Å²) in [4.78, 5) is 2.39. The average molecular weight is 317 g/mol. The van der Waals surface area contributed by atoms with Crippen molar-refractivity contribution >= 4 is 8.32 Å². The summed E-state index contributed by atoms with van der Waals surface area (Å²) in [6.07, 6.45) is 3.28. The van der Waals surface area contributed by atoms with E-state index in [1.54, 1.807) is 0 Å². The minimum absolute atomic E-state index is 0.000749. The Morgan fingerprint density at radius 3 is 2.55 bits per heavy atom. The number of rotatable bonds is 5. The van der Waals surface area contributed by atoms with Crippen molar-refractivity contribution in [3.05, 3.63) is 35.9 Å². The second kappa shape index (κ2) is 7.41. The molecule has 3 unspecified atom stereocenters. The van der Waals surface area contributed by atoms with Crippen molar-refractivity contribution in [2.45, 2.75) is 64.0 Å². The predicted molar refractivity (Wildman–Crippen MR) is 93.0 cm³/mol. The van der Waals surface area contributed by atoms with Gasteiger partial charge in [0.25, 0.3) is 0 Å². The summed E-state index contributed by atoms with van der Waals surface area (Å²) in [6.45, 7) is 9.58. The molecule has 0 bridgehead atoms. The van der Waals surface area contributed by atoms with Gasteiger partial charge in [-0.3, -0.25) is 4.90 Å². The number of hydrogen-bond acceptors (Lipinski definition) is 3. The van der Waals surface area contributed by atoms with Crippen LogP contribution < -0.4 is 0 Å². The molecule has 1 fully saturated rings. The quantitative estimate of drug-likeness (QED) is 0.758. The van der Waals surface area contributed by atoms with Crippen LogP contribution in [0.15, 0.2) is 30.3 Å².